The maximum absolute atomic E-state index is 10.6. The minimum absolute atomic E-state index is 0.0917. The van der Waals surface area contributed by atoms with E-state index in [0.29, 0.717) is 0 Å². The van der Waals surface area contributed by atoms with Crippen LogP contribution < -0.4 is 39.1 Å². The predicted octanol–water partition coefficient (Wildman–Crippen LogP) is -3.86. The highest BCUT2D eigenvalue weighted by molar-refractivity contribution is 5.79. The summed E-state index contributed by atoms with van der Waals surface area (Å²) in [5.41, 5.74) is 32.5. The van der Waals surface area contributed by atoms with E-state index in [1.54, 1.807) is 12.1 Å². The van der Waals surface area contributed by atoms with Crippen molar-refractivity contribution in [3.63, 3.8) is 0 Å². The molecule has 0 spiro atoms. The van der Waals surface area contributed by atoms with Gasteiger partial charge in [0.2, 0.25) is 0 Å². The number of aromatic nitrogens is 1. The average molecular weight is 380 g/mol. The van der Waals surface area contributed by atoms with Gasteiger partial charge in [-0.1, -0.05) is 0 Å². The van der Waals surface area contributed by atoms with Crippen LogP contribution in [-0.2, 0) is 0 Å². The fourth-order valence-electron chi connectivity index (χ4n) is 2.78. The second kappa shape index (κ2) is 8.37. The van der Waals surface area contributed by atoms with E-state index in [0.717, 1.165) is 0 Å². The SMILES string of the molecule is NC(N)=Nc1ncccc1OC1[C@@H](N=C(N)N)C[C@@H](N=C(N)N)[C@H](O)[C@H]1O. The van der Waals surface area contributed by atoms with Gasteiger partial charge in [0.15, 0.2) is 29.4 Å². The van der Waals surface area contributed by atoms with Gasteiger partial charge in [0, 0.05) is 6.20 Å². The maximum Gasteiger partial charge on any atom is 0.198 e. The summed E-state index contributed by atoms with van der Waals surface area (Å²) < 4.78 is 5.82. The molecule has 0 amide bonds. The Morgan fingerprint density at radius 1 is 0.963 bits per heavy atom. The number of rotatable bonds is 5. The van der Waals surface area contributed by atoms with E-state index in [1.807, 2.05) is 0 Å². The van der Waals surface area contributed by atoms with Gasteiger partial charge in [-0.3, -0.25) is 0 Å². The van der Waals surface area contributed by atoms with E-state index in [2.05, 4.69) is 20.0 Å². The molecule has 1 aliphatic rings. The van der Waals surface area contributed by atoms with Crippen molar-refractivity contribution in [2.75, 3.05) is 0 Å². The molecule has 1 aromatic heterocycles. The molecule has 0 saturated heterocycles. The number of aliphatic hydroxyl groups excluding tert-OH is 2. The monoisotopic (exact) mass is 380 g/mol. The van der Waals surface area contributed by atoms with Crippen molar-refractivity contribution in [3.8, 4) is 5.75 Å². The molecule has 13 nitrogen and oxygen atoms in total. The first kappa shape index (κ1) is 20.0. The van der Waals surface area contributed by atoms with Gasteiger partial charge in [-0.25, -0.2) is 15.0 Å². The van der Waals surface area contributed by atoms with Crippen molar-refractivity contribution in [1.29, 1.82) is 0 Å². The highest BCUT2D eigenvalue weighted by Crippen LogP contribution is 2.32. The number of aliphatic hydroxyl groups is 2. The Bertz CT molecular complexity index is 740. The van der Waals surface area contributed by atoms with Crippen molar-refractivity contribution in [3.05, 3.63) is 18.3 Å². The molecule has 1 fully saturated rings. The molecule has 27 heavy (non-hydrogen) atoms. The molecule has 13 heteroatoms. The molecule has 0 aliphatic heterocycles. The molecule has 1 heterocycles. The standard InChI is InChI=1S/C14H24N10O3/c15-12(16)22-5-4-6(23-13(17)18)10(9(26)8(5)25)27-7-2-1-3-21-11(7)24-14(19)20/h1-3,5-6,8-10,25-26H,4H2,(H4,15,16,22)(H4,17,18,23)(H4,19,20,21,24)/t5-,6+,8+,9-,10?/m1/s1. The van der Waals surface area contributed by atoms with E-state index in [4.69, 9.17) is 39.1 Å². The lowest BCUT2D eigenvalue weighted by molar-refractivity contribution is -0.0898. The molecule has 1 aromatic rings. The van der Waals surface area contributed by atoms with E-state index in [9.17, 15) is 10.2 Å². The number of pyridine rings is 1. The highest BCUT2D eigenvalue weighted by Gasteiger charge is 2.45. The van der Waals surface area contributed by atoms with Gasteiger partial charge in [0.25, 0.3) is 0 Å². The molecule has 1 unspecified atom stereocenters. The molecule has 0 radical (unpaired) electrons. The highest BCUT2D eigenvalue weighted by atomic mass is 16.5. The maximum atomic E-state index is 10.6. The van der Waals surface area contributed by atoms with Gasteiger partial charge in [0.05, 0.1) is 12.1 Å². The van der Waals surface area contributed by atoms with Crippen LogP contribution in [0.5, 0.6) is 5.75 Å². The van der Waals surface area contributed by atoms with Crippen LogP contribution in [0.2, 0.25) is 0 Å². The molecule has 2 rings (SSSR count). The zero-order valence-corrected chi connectivity index (χ0v) is 14.4. The molecule has 0 aromatic carbocycles. The number of hydrogen-bond acceptors (Lipinski definition) is 7. The van der Waals surface area contributed by atoms with Crippen molar-refractivity contribution in [2.45, 2.75) is 36.8 Å². The molecular formula is C14H24N10O3. The Labute approximate surface area is 154 Å². The zero-order chi connectivity index (χ0) is 20.1. The summed E-state index contributed by atoms with van der Waals surface area (Å²) in [6, 6.07) is 1.56. The smallest absolute Gasteiger partial charge is 0.198 e. The molecule has 14 N–H and O–H groups in total. The number of hydrogen-bond donors (Lipinski definition) is 8. The number of nitrogens with two attached hydrogens (primary N) is 6. The predicted molar refractivity (Wildman–Crippen MR) is 99.9 cm³/mol. The lowest BCUT2D eigenvalue weighted by Gasteiger charge is -2.39. The van der Waals surface area contributed by atoms with E-state index < -0.39 is 30.4 Å². The van der Waals surface area contributed by atoms with Gasteiger partial charge < -0.3 is 49.4 Å². The van der Waals surface area contributed by atoms with Gasteiger partial charge in [-0.15, -0.1) is 0 Å². The van der Waals surface area contributed by atoms with Gasteiger partial charge >= 0.3 is 0 Å². The van der Waals surface area contributed by atoms with Crippen LogP contribution in [0.1, 0.15) is 6.42 Å². The van der Waals surface area contributed by atoms with Crippen LogP contribution in [0, 0.1) is 0 Å². The number of guanidine groups is 3. The molecule has 0 bridgehead atoms. The first-order valence-electron chi connectivity index (χ1n) is 7.94. The van der Waals surface area contributed by atoms with E-state index in [-0.39, 0.29) is 35.9 Å². The number of nitrogens with zero attached hydrogens (tertiary/aromatic N) is 4. The van der Waals surface area contributed by atoms with Gasteiger partial charge in [0.1, 0.15) is 18.3 Å². The fraction of sp³-hybridized carbons (Fsp3) is 0.429. The zero-order valence-electron chi connectivity index (χ0n) is 14.4. The normalized spacial score (nSPS) is 27.3. The Morgan fingerprint density at radius 3 is 2.19 bits per heavy atom. The van der Waals surface area contributed by atoms with Crippen LogP contribution in [0.3, 0.4) is 0 Å². The molecular weight excluding hydrogens is 356 g/mol. The van der Waals surface area contributed by atoms with Crippen LogP contribution in [0.15, 0.2) is 33.3 Å². The summed E-state index contributed by atoms with van der Waals surface area (Å²) >= 11 is 0. The third-order valence-electron chi connectivity index (χ3n) is 3.82. The minimum atomic E-state index is -1.41. The Hall–Kier alpha value is -3.32. The third kappa shape index (κ3) is 5.08. The number of ether oxygens (including phenoxy) is 1. The fourth-order valence-corrected chi connectivity index (χ4v) is 2.78. The van der Waals surface area contributed by atoms with Crippen LogP contribution in [0.4, 0.5) is 5.82 Å². The first-order chi connectivity index (χ1) is 12.7. The van der Waals surface area contributed by atoms with Crippen molar-refractivity contribution >= 4 is 23.7 Å². The molecule has 5 atom stereocenters. The summed E-state index contributed by atoms with van der Waals surface area (Å²) in [6.45, 7) is 0. The quantitative estimate of drug-likeness (QED) is 0.182. The second-order valence-electron chi connectivity index (χ2n) is 5.90. The Balaban J connectivity index is 2.37. The van der Waals surface area contributed by atoms with Crippen molar-refractivity contribution < 1.29 is 14.9 Å². The van der Waals surface area contributed by atoms with E-state index >= 15 is 0 Å². The third-order valence-corrected chi connectivity index (χ3v) is 3.82. The van der Waals surface area contributed by atoms with Crippen LogP contribution >= 0.6 is 0 Å². The minimum Gasteiger partial charge on any atom is -0.481 e. The molecule has 1 aliphatic carbocycles. The molecule has 148 valence electrons. The van der Waals surface area contributed by atoms with Crippen LogP contribution in [0.25, 0.3) is 0 Å². The lowest BCUT2D eigenvalue weighted by Crippen LogP contribution is -2.58. The molecule has 1 saturated carbocycles. The van der Waals surface area contributed by atoms with Crippen LogP contribution in [-0.4, -0.2) is 63.5 Å². The summed E-state index contributed by atoms with van der Waals surface area (Å²) in [7, 11) is 0. The summed E-state index contributed by atoms with van der Waals surface area (Å²) in [6.07, 6.45) is -2.18. The lowest BCUT2D eigenvalue weighted by atomic mass is 9.84. The topological polar surface area (TPSA) is 256 Å². The average Bonchev–Trinajstić information content (AvgIpc) is 2.56. The Kier molecular flexibility index (Phi) is 6.20. The number of aliphatic imine (C=N–C) groups is 3. The van der Waals surface area contributed by atoms with Crippen molar-refractivity contribution in [2.24, 2.45) is 49.4 Å². The Morgan fingerprint density at radius 2 is 1.59 bits per heavy atom. The van der Waals surface area contributed by atoms with Gasteiger partial charge in [-0.05, 0) is 18.6 Å². The summed E-state index contributed by atoms with van der Waals surface area (Å²) in [5, 5.41) is 20.9. The van der Waals surface area contributed by atoms with E-state index in [1.165, 1.54) is 6.20 Å². The summed E-state index contributed by atoms with van der Waals surface area (Å²) in [5.74, 6) is -0.434. The summed E-state index contributed by atoms with van der Waals surface area (Å²) in [4.78, 5) is 15.9. The second-order valence-corrected chi connectivity index (χ2v) is 5.90. The first-order valence-corrected chi connectivity index (χ1v) is 7.94. The van der Waals surface area contributed by atoms with Crippen molar-refractivity contribution in [1.82, 2.24) is 4.98 Å². The largest absolute Gasteiger partial charge is 0.481 e. The van der Waals surface area contributed by atoms with Gasteiger partial charge in [-0.2, -0.15) is 4.99 Å².